The summed E-state index contributed by atoms with van der Waals surface area (Å²) in [4.78, 5) is 7.11. The topological polar surface area (TPSA) is 46.1 Å². The predicted octanol–water partition coefficient (Wildman–Crippen LogP) is 3.23. The summed E-state index contributed by atoms with van der Waals surface area (Å²) in [6, 6.07) is 8.18. The molecule has 0 radical (unpaired) electrons. The van der Waals surface area contributed by atoms with E-state index in [9.17, 15) is 0 Å². The number of nitrogens with zero attached hydrogens (tertiary/aromatic N) is 2. The molecule has 1 aliphatic heterocycles. The zero-order chi connectivity index (χ0) is 17.9. The van der Waals surface area contributed by atoms with E-state index in [-0.39, 0.29) is 0 Å². The number of nitrogens with one attached hydrogen (secondary N) is 1. The molecule has 0 aliphatic carbocycles. The molecule has 1 aromatic carbocycles. The second-order valence-corrected chi connectivity index (χ2v) is 6.39. The van der Waals surface area contributed by atoms with E-state index < -0.39 is 0 Å². The largest absolute Gasteiger partial charge is 0.494 e. The third-order valence-corrected chi connectivity index (χ3v) is 4.33. The maximum atomic E-state index is 5.77. The highest BCUT2D eigenvalue weighted by Gasteiger charge is 2.21. The van der Waals surface area contributed by atoms with Crippen LogP contribution in [-0.4, -0.2) is 56.4 Å². The lowest BCUT2D eigenvalue weighted by atomic mass is 10.1. The van der Waals surface area contributed by atoms with Crippen molar-refractivity contribution < 1.29 is 9.47 Å². The number of benzene rings is 1. The molecule has 140 valence electrons. The second-order valence-electron chi connectivity index (χ2n) is 6.39. The Balaban J connectivity index is 1.73. The minimum atomic E-state index is 0.409. The SMILES string of the molecule is CCNC(=NCCCOc1ccc(C)cc1)N1CCC(OCC)CC1. The molecule has 5 heteroatoms. The Morgan fingerprint density at radius 3 is 2.56 bits per heavy atom. The lowest BCUT2D eigenvalue weighted by Crippen LogP contribution is -2.47. The summed E-state index contributed by atoms with van der Waals surface area (Å²) in [6.45, 7) is 11.5. The standard InChI is InChI=1S/C20H33N3O2/c1-4-21-20(23-14-11-19(12-15-23)24-5-2)22-13-6-16-25-18-9-7-17(3)8-10-18/h7-10,19H,4-6,11-16H2,1-3H3,(H,21,22). The van der Waals surface area contributed by atoms with E-state index in [1.54, 1.807) is 0 Å². The number of hydrogen-bond donors (Lipinski definition) is 1. The summed E-state index contributed by atoms with van der Waals surface area (Å²) in [5.74, 6) is 1.95. The summed E-state index contributed by atoms with van der Waals surface area (Å²) >= 11 is 0. The molecule has 0 unspecified atom stereocenters. The highest BCUT2D eigenvalue weighted by molar-refractivity contribution is 5.80. The van der Waals surface area contributed by atoms with Crippen LogP contribution in [0.15, 0.2) is 29.3 Å². The number of likely N-dealkylation sites (tertiary alicyclic amines) is 1. The average molecular weight is 348 g/mol. The van der Waals surface area contributed by atoms with Gasteiger partial charge in [-0.15, -0.1) is 0 Å². The molecule has 0 spiro atoms. The van der Waals surface area contributed by atoms with Crippen LogP contribution in [0.1, 0.15) is 38.7 Å². The minimum Gasteiger partial charge on any atom is -0.494 e. The average Bonchev–Trinajstić information content (AvgIpc) is 2.63. The van der Waals surface area contributed by atoms with Crippen LogP contribution >= 0.6 is 0 Å². The third-order valence-electron chi connectivity index (χ3n) is 4.33. The number of aliphatic imine (C=N–C) groups is 1. The van der Waals surface area contributed by atoms with Gasteiger partial charge in [-0.05, 0) is 45.7 Å². The van der Waals surface area contributed by atoms with Gasteiger partial charge in [0.1, 0.15) is 5.75 Å². The molecule has 0 saturated carbocycles. The van der Waals surface area contributed by atoms with Crippen molar-refractivity contribution in [3.05, 3.63) is 29.8 Å². The van der Waals surface area contributed by atoms with Gasteiger partial charge in [-0.1, -0.05) is 17.7 Å². The van der Waals surface area contributed by atoms with E-state index >= 15 is 0 Å². The van der Waals surface area contributed by atoms with Gasteiger partial charge in [0.15, 0.2) is 5.96 Å². The molecule has 0 amide bonds. The highest BCUT2D eigenvalue weighted by Crippen LogP contribution is 2.14. The van der Waals surface area contributed by atoms with Gasteiger partial charge < -0.3 is 19.7 Å². The number of hydrogen-bond acceptors (Lipinski definition) is 3. The third kappa shape index (κ3) is 6.94. The molecule has 25 heavy (non-hydrogen) atoms. The summed E-state index contributed by atoms with van der Waals surface area (Å²) in [5, 5.41) is 3.41. The monoisotopic (exact) mass is 347 g/mol. The van der Waals surface area contributed by atoms with Crippen LogP contribution in [0.25, 0.3) is 0 Å². The predicted molar refractivity (Wildman–Crippen MR) is 103 cm³/mol. The van der Waals surface area contributed by atoms with Gasteiger partial charge >= 0.3 is 0 Å². The fraction of sp³-hybridized carbons (Fsp3) is 0.650. The number of rotatable bonds is 8. The maximum absolute atomic E-state index is 5.77. The molecule has 1 aromatic rings. The molecule has 0 atom stereocenters. The molecule has 0 bridgehead atoms. The highest BCUT2D eigenvalue weighted by atomic mass is 16.5. The van der Waals surface area contributed by atoms with Crippen molar-refractivity contribution in [3.63, 3.8) is 0 Å². The maximum Gasteiger partial charge on any atom is 0.193 e. The lowest BCUT2D eigenvalue weighted by Gasteiger charge is -2.34. The van der Waals surface area contributed by atoms with Gasteiger partial charge in [0, 0.05) is 39.2 Å². The Morgan fingerprint density at radius 1 is 1.20 bits per heavy atom. The van der Waals surface area contributed by atoms with Crippen LogP contribution < -0.4 is 10.1 Å². The normalized spacial score (nSPS) is 16.1. The van der Waals surface area contributed by atoms with Crippen molar-refractivity contribution in [1.82, 2.24) is 10.2 Å². The zero-order valence-electron chi connectivity index (χ0n) is 16.0. The fourth-order valence-electron chi connectivity index (χ4n) is 2.97. The van der Waals surface area contributed by atoms with Gasteiger partial charge in [-0.3, -0.25) is 4.99 Å². The molecule has 0 aromatic heterocycles. The number of aryl methyl sites for hydroxylation is 1. The van der Waals surface area contributed by atoms with E-state index in [2.05, 4.69) is 43.1 Å². The number of piperidine rings is 1. The summed E-state index contributed by atoms with van der Waals surface area (Å²) in [7, 11) is 0. The van der Waals surface area contributed by atoms with Crippen LogP contribution in [-0.2, 0) is 4.74 Å². The Bertz CT molecular complexity index is 508. The smallest absolute Gasteiger partial charge is 0.193 e. The molecule has 1 aliphatic rings. The Hall–Kier alpha value is -1.75. The van der Waals surface area contributed by atoms with Gasteiger partial charge in [-0.2, -0.15) is 0 Å². The van der Waals surface area contributed by atoms with E-state index in [4.69, 9.17) is 14.5 Å². The van der Waals surface area contributed by atoms with Crippen molar-refractivity contribution >= 4 is 5.96 Å². The number of ether oxygens (including phenoxy) is 2. The van der Waals surface area contributed by atoms with Crippen molar-refractivity contribution in [2.24, 2.45) is 4.99 Å². The van der Waals surface area contributed by atoms with Crippen LogP contribution in [0.3, 0.4) is 0 Å². The van der Waals surface area contributed by atoms with E-state index in [0.29, 0.717) is 12.7 Å². The van der Waals surface area contributed by atoms with Crippen molar-refractivity contribution in [1.29, 1.82) is 0 Å². The van der Waals surface area contributed by atoms with Gasteiger partial charge in [0.2, 0.25) is 0 Å². The Morgan fingerprint density at radius 2 is 1.92 bits per heavy atom. The molecule has 2 rings (SSSR count). The molecular formula is C20H33N3O2. The molecule has 1 saturated heterocycles. The van der Waals surface area contributed by atoms with E-state index in [0.717, 1.165) is 63.8 Å². The van der Waals surface area contributed by atoms with Crippen molar-refractivity contribution in [2.75, 3.05) is 39.4 Å². The van der Waals surface area contributed by atoms with Crippen LogP contribution in [0.5, 0.6) is 5.75 Å². The first-order valence-corrected chi connectivity index (χ1v) is 9.57. The van der Waals surface area contributed by atoms with Crippen molar-refractivity contribution in [3.8, 4) is 5.75 Å². The summed E-state index contributed by atoms with van der Waals surface area (Å²) in [6.07, 6.45) is 3.48. The van der Waals surface area contributed by atoms with Crippen LogP contribution in [0.4, 0.5) is 0 Å². The lowest BCUT2D eigenvalue weighted by molar-refractivity contribution is 0.0264. The van der Waals surface area contributed by atoms with Gasteiger partial charge in [0.05, 0.1) is 12.7 Å². The molecular weight excluding hydrogens is 314 g/mol. The van der Waals surface area contributed by atoms with Crippen molar-refractivity contribution in [2.45, 2.75) is 46.1 Å². The van der Waals surface area contributed by atoms with Gasteiger partial charge in [-0.25, -0.2) is 0 Å². The Kier molecular flexibility index (Phi) is 8.60. The van der Waals surface area contributed by atoms with E-state index in [1.807, 2.05) is 12.1 Å². The fourth-order valence-corrected chi connectivity index (χ4v) is 2.97. The molecule has 1 heterocycles. The Labute approximate surface area is 152 Å². The first-order chi connectivity index (χ1) is 12.2. The summed E-state index contributed by atoms with van der Waals surface area (Å²) in [5.41, 5.74) is 1.25. The number of guanidine groups is 1. The second kappa shape index (κ2) is 11.0. The van der Waals surface area contributed by atoms with E-state index in [1.165, 1.54) is 5.56 Å². The zero-order valence-corrected chi connectivity index (χ0v) is 16.0. The summed E-state index contributed by atoms with van der Waals surface area (Å²) < 4.78 is 11.5. The quantitative estimate of drug-likeness (QED) is 0.445. The molecule has 1 fully saturated rings. The molecule has 5 nitrogen and oxygen atoms in total. The first-order valence-electron chi connectivity index (χ1n) is 9.57. The van der Waals surface area contributed by atoms with Crippen LogP contribution in [0, 0.1) is 6.92 Å². The minimum absolute atomic E-state index is 0.409. The van der Waals surface area contributed by atoms with Gasteiger partial charge in [0.25, 0.3) is 0 Å². The van der Waals surface area contributed by atoms with Crippen LogP contribution in [0.2, 0.25) is 0 Å². The molecule has 1 N–H and O–H groups in total. The first kappa shape index (κ1) is 19.6.